The van der Waals surface area contributed by atoms with E-state index in [1.807, 2.05) is 32.1 Å². The average molecular weight is 250 g/mol. The maximum absolute atomic E-state index is 11.6. The molecule has 100 valence electrons. The second-order valence-corrected chi connectivity index (χ2v) is 4.05. The predicted octanol–water partition coefficient (Wildman–Crippen LogP) is 2.14. The van der Waals surface area contributed by atoms with Gasteiger partial charge in [-0.05, 0) is 31.4 Å². The van der Waals surface area contributed by atoms with Gasteiger partial charge in [-0.15, -0.1) is 0 Å². The molecule has 2 N–H and O–H groups in total. The molecule has 0 aliphatic heterocycles. The van der Waals surface area contributed by atoms with Gasteiger partial charge in [-0.3, -0.25) is 14.6 Å². The molecular formula is C14H22N2O2. The molecule has 4 heteroatoms. The molecular weight excluding hydrogens is 228 g/mol. The van der Waals surface area contributed by atoms with Crippen LogP contribution in [0, 0.1) is 0 Å². The third kappa shape index (κ3) is 6.15. The number of hydrogen-bond acceptors (Lipinski definition) is 3. The van der Waals surface area contributed by atoms with E-state index in [9.17, 15) is 9.59 Å². The third-order valence-electron chi connectivity index (χ3n) is 2.29. The number of hydrogen-bond donors (Lipinski definition) is 1. The quantitative estimate of drug-likeness (QED) is 0.196. The van der Waals surface area contributed by atoms with Crippen molar-refractivity contribution in [1.82, 2.24) is 5.01 Å². The van der Waals surface area contributed by atoms with E-state index in [1.54, 1.807) is 0 Å². The highest BCUT2D eigenvalue weighted by Crippen LogP contribution is 2.08. The minimum Gasteiger partial charge on any atom is -0.284 e. The highest BCUT2D eigenvalue weighted by Gasteiger charge is 2.13. The zero-order valence-electron chi connectivity index (χ0n) is 11.6. The van der Waals surface area contributed by atoms with E-state index in [-0.39, 0.29) is 0 Å². The van der Waals surface area contributed by atoms with E-state index in [0.717, 1.165) is 22.6 Å². The summed E-state index contributed by atoms with van der Waals surface area (Å²) in [6, 6.07) is 0. The molecule has 0 aliphatic carbocycles. The number of amides is 1. The van der Waals surface area contributed by atoms with Crippen LogP contribution in [-0.4, -0.2) is 23.7 Å². The fourth-order valence-electron chi connectivity index (χ4n) is 1.29. The third-order valence-corrected chi connectivity index (χ3v) is 2.29. The first-order valence-electron chi connectivity index (χ1n) is 6.04. The van der Waals surface area contributed by atoms with Gasteiger partial charge in [-0.25, -0.2) is 5.84 Å². The fourth-order valence-corrected chi connectivity index (χ4v) is 1.29. The van der Waals surface area contributed by atoms with E-state index < -0.39 is 11.7 Å². The number of likely N-dealkylation sites (N-methyl/N-ethyl adjacent to an activating group) is 1. The number of hydrazine groups is 1. The Morgan fingerprint density at radius 1 is 1.22 bits per heavy atom. The summed E-state index contributed by atoms with van der Waals surface area (Å²) >= 11 is 0. The number of ketones is 1. The molecule has 18 heavy (non-hydrogen) atoms. The Labute approximate surface area is 109 Å². The van der Waals surface area contributed by atoms with Crippen molar-refractivity contribution in [3.8, 4) is 0 Å². The topological polar surface area (TPSA) is 63.4 Å². The molecule has 0 heterocycles. The summed E-state index contributed by atoms with van der Waals surface area (Å²) in [7, 11) is 1.35. The lowest BCUT2D eigenvalue weighted by atomic mass is 10.1. The molecule has 0 unspecified atom stereocenters. The van der Waals surface area contributed by atoms with Gasteiger partial charge in [0.2, 0.25) is 5.78 Å². The van der Waals surface area contributed by atoms with Gasteiger partial charge in [0.25, 0.3) is 0 Å². The highest BCUT2D eigenvalue weighted by atomic mass is 16.2. The van der Waals surface area contributed by atoms with E-state index in [2.05, 4.69) is 6.92 Å². The van der Waals surface area contributed by atoms with Crippen molar-refractivity contribution in [3.63, 3.8) is 0 Å². The predicted molar refractivity (Wildman–Crippen MR) is 73.5 cm³/mol. The number of nitrogens with zero attached hydrogens (tertiary/aromatic N) is 1. The molecule has 0 atom stereocenters. The van der Waals surface area contributed by atoms with Gasteiger partial charge >= 0.3 is 5.91 Å². The number of nitrogens with two attached hydrogens (primary N) is 1. The van der Waals surface area contributed by atoms with Crippen molar-refractivity contribution in [2.24, 2.45) is 5.84 Å². The molecule has 0 fully saturated rings. The Morgan fingerprint density at radius 2 is 1.83 bits per heavy atom. The Kier molecular flexibility index (Phi) is 7.63. The lowest BCUT2D eigenvalue weighted by molar-refractivity contribution is -0.141. The highest BCUT2D eigenvalue weighted by molar-refractivity contribution is 6.40. The second kappa shape index (κ2) is 8.42. The Morgan fingerprint density at radius 3 is 2.28 bits per heavy atom. The number of rotatable bonds is 6. The fraction of sp³-hybridized carbons (Fsp3) is 0.429. The molecule has 0 aromatic rings. The zero-order chi connectivity index (χ0) is 14.1. The summed E-state index contributed by atoms with van der Waals surface area (Å²) in [5.41, 5.74) is 1.86. The lowest BCUT2D eigenvalue weighted by Gasteiger charge is -2.06. The Hall–Kier alpha value is -1.68. The van der Waals surface area contributed by atoms with Gasteiger partial charge in [0.15, 0.2) is 0 Å². The molecule has 0 rings (SSSR count). The lowest BCUT2D eigenvalue weighted by Crippen LogP contribution is -2.37. The number of allylic oxidation sites excluding steroid dienone is 5. The average Bonchev–Trinajstić information content (AvgIpc) is 2.34. The maximum atomic E-state index is 11.6. The van der Waals surface area contributed by atoms with Crippen molar-refractivity contribution in [2.45, 2.75) is 33.6 Å². The molecule has 0 saturated carbocycles. The van der Waals surface area contributed by atoms with Gasteiger partial charge < -0.3 is 0 Å². The van der Waals surface area contributed by atoms with Gasteiger partial charge in [0, 0.05) is 7.05 Å². The minimum absolute atomic E-state index is 0.597. The van der Waals surface area contributed by atoms with E-state index in [4.69, 9.17) is 5.84 Å². The molecule has 0 aromatic carbocycles. The van der Waals surface area contributed by atoms with Crippen molar-refractivity contribution in [3.05, 3.63) is 35.5 Å². The summed E-state index contributed by atoms with van der Waals surface area (Å²) in [5.74, 6) is 3.92. The summed E-state index contributed by atoms with van der Waals surface area (Å²) in [5, 5.41) is 0.791. The first-order chi connectivity index (χ1) is 8.42. The van der Waals surface area contributed by atoms with Crippen LogP contribution < -0.4 is 5.84 Å². The molecule has 0 radical (unpaired) electrons. The van der Waals surface area contributed by atoms with E-state index in [0.29, 0.717) is 6.42 Å². The van der Waals surface area contributed by atoms with Crippen LogP contribution in [-0.2, 0) is 9.59 Å². The molecule has 0 aromatic heterocycles. The van der Waals surface area contributed by atoms with Crippen LogP contribution in [0.15, 0.2) is 35.5 Å². The first-order valence-corrected chi connectivity index (χ1v) is 6.04. The standard InChI is InChI=1S/C14H22N2O2/c1-5-7-8-11(3)9-12(6-2)10-13(17)14(18)16(4)15/h7-10H,5-6,15H2,1-4H3. The first kappa shape index (κ1) is 16.3. The Bertz CT molecular complexity index is 391. The maximum Gasteiger partial charge on any atom is 0.307 e. The number of carbonyl (C=O) groups excluding carboxylic acids is 2. The van der Waals surface area contributed by atoms with Crippen LogP contribution in [0.1, 0.15) is 33.6 Å². The van der Waals surface area contributed by atoms with Crippen LogP contribution in [0.25, 0.3) is 0 Å². The van der Waals surface area contributed by atoms with Crippen molar-refractivity contribution >= 4 is 11.7 Å². The zero-order valence-corrected chi connectivity index (χ0v) is 11.6. The van der Waals surface area contributed by atoms with Crippen LogP contribution in [0.2, 0.25) is 0 Å². The van der Waals surface area contributed by atoms with Gasteiger partial charge in [0.05, 0.1) is 0 Å². The SMILES string of the molecule is CCC=CC(C)=CC(=CC(=O)C(=O)N(C)N)CC. The van der Waals surface area contributed by atoms with Crippen LogP contribution in [0.3, 0.4) is 0 Å². The van der Waals surface area contributed by atoms with Crippen LogP contribution in [0.5, 0.6) is 0 Å². The molecule has 0 aliphatic rings. The van der Waals surface area contributed by atoms with Crippen molar-refractivity contribution in [2.75, 3.05) is 7.05 Å². The molecule has 1 amide bonds. The summed E-state index contributed by atoms with van der Waals surface area (Å²) < 4.78 is 0. The summed E-state index contributed by atoms with van der Waals surface area (Å²) in [4.78, 5) is 22.9. The van der Waals surface area contributed by atoms with E-state index >= 15 is 0 Å². The van der Waals surface area contributed by atoms with Gasteiger partial charge in [-0.2, -0.15) is 0 Å². The number of carbonyl (C=O) groups is 2. The summed E-state index contributed by atoms with van der Waals surface area (Å²) in [6.45, 7) is 5.94. The van der Waals surface area contributed by atoms with Crippen LogP contribution in [0.4, 0.5) is 0 Å². The normalized spacial score (nSPS) is 12.9. The minimum atomic E-state index is -0.712. The monoisotopic (exact) mass is 250 g/mol. The second-order valence-electron chi connectivity index (χ2n) is 4.05. The molecule has 0 saturated heterocycles. The van der Waals surface area contributed by atoms with E-state index in [1.165, 1.54) is 13.1 Å². The molecule has 0 bridgehead atoms. The summed E-state index contributed by atoms with van der Waals surface area (Å²) in [6.07, 6.45) is 8.92. The van der Waals surface area contributed by atoms with Crippen molar-refractivity contribution < 1.29 is 9.59 Å². The van der Waals surface area contributed by atoms with Gasteiger partial charge in [-0.1, -0.05) is 37.6 Å². The van der Waals surface area contributed by atoms with Crippen LogP contribution >= 0.6 is 0 Å². The smallest absolute Gasteiger partial charge is 0.284 e. The molecule has 4 nitrogen and oxygen atoms in total. The Balaban J connectivity index is 4.93. The molecule has 0 spiro atoms. The largest absolute Gasteiger partial charge is 0.307 e. The van der Waals surface area contributed by atoms with Crippen molar-refractivity contribution in [1.29, 1.82) is 0 Å². The van der Waals surface area contributed by atoms with Gasteiger partial charge in [0.1, 0.15) is 0 Å².